The summed E-state index contributed by atoms with van der Waals surface area (Å²) in [7, 11) is 0. The Morgan fingerprint density at radius 2 is 1.94 bits per heavy atom. The third-order valence-corrected chi connectivity index (χ3v) is 4.35. The van der Waals surface area contributed by atoms with Crippen LogP contribution in [0, 0.1) is 5.92 Å². The quantitative estimate of drug-likeness (QED) is 0.898. The molecule has 1 N–H and O–H groups in total. The van der Waals surface area contributed by atoms with Gasteiger partial charge in [0.05, 0.1) is 11.6 Å². The molecule has 1 saturated heterocycles. The Hall–Kier alpha value is -0.730. The van der Waals surface area contributed by atoms with Gasteiger partial charge in [-0.3, -0.25) is 0 Å². The van der Waals surface area contributed by atoms with Gasteiger partial charge >= 0.3 is 0 Å². The highest BCUT2D eigenvalue weighted by Crippen LogP contribution is 2.37. The highest BCUT2D eigenvalue weighted by molar-refractivity contribution is 6.32. The van der Waals surface area contributed by atoms with Gasteiger partial charge in [-0.2, -0.15) is 0 Å². The van der Waals surface area contributed by atoms with E-state index in [1.807, 2.05) is 6.07 Å². The van der Waals surface area contributed by atoms with Crippen molar-refractivity contribution in [3.05, 3.63) is 28.8 Å². The van der Waals surface area contributed by atoms with Crippen molar-refractivity contribution >= 4 is 11.6 Å². The molecule has 0 radical (unpaired) electrons. The third-order valence-electron chi connectivity index (χ3n) is 3.94. The second-order valence-corrected chi connectivity index (χ2v) is 5.82. The molecule has 1 saturated carbocycles. The Balaban J connectivity index is 1.73. The molecule has 1 aliphatic carbocycles. The van der Waals surface area contributed by atoms with Crippen molar-refractivity contribution in [2.45, 2.75) is 31.6 Å². The number of hydrogen-bond acceptors (Lipinski definition) is 2. The van der Waals surface area contributed by atoms with Gasteiger partial charge in [-0.25, -0.2) is 0 Å². The zero-order valence-electron chi connectivity index (χ0n) is 10.6. The summed E-state index contributed by atoms with van der Waals surface area (Å²) in [6.07, 6.45) is 4.97. The van der Waals surface area contributed by atoms with E-state index < -0.39 is 0 Å². The first kappa shape index (κ1) is 12.3. The minimum absolute atomic E-state index is 0.586. The molecule has 1 heterocycles. The Labute approximate surface area is 114 Å². The highest BCUT2D eigenvalue weighted by atomic mass is 35.5. The molecule has 0 amide bonds. The Bertz CT molecular complexity index is 411. The van der Waals surface area contributed by atoms with Crippen molar-refractivity contribution in [3.63, 3.8) is 0 Å². The Morgan fingerprint density at radius 3 is 2.67 bits per heavy atom. The molecule has 2 fully saturated rings. The minimum Gasteiger partial charge on any atom is -0.492 e. The predicted molar refractivity (Wildman–Crippen MR) is 74.5 cm³/mol. The van der Waals surface area contributed by atoms with Crippen LogP contribution in [0.3, 0.4) is 0 Å². The average molecular weight is 266 g/mol. The molecule has 1 aromatic rings. The maximum atomic E-state index is 6.50. The number of ether oxygens (including phenoxy) is 1. The fourth-order valence-electron chi connectivity index (χ4n) is 2.58. The van der Waals surface area contributed by atoms with Crippen LogP contribution in [-0.4, -0.2) is 19.7 Å². The molecule has 0 spiro atoms. The van der Waals surface area contributed by atoms with E-state index in [1.54, 1.807) is 0 Å². The molecule has 1 aromatic carbocycles. The van der Waals surface area contributed by atoms with Crippen LogP contribution < -0.4 is 10.1 Å². The number of rotatable bonds is 4. The molecule has 98 valence electrons. The first-order valence-corrected chi connectivity index (χ1v) is 7.34. The Morgan fingerprint density at radius 1 is 1.17 bits per heavy atom. The van der Waals surface area contributed by atoms with Gasteiger partial charge in [0.1, 0.15) is 5.75 Å². The zero-order valence-corrected chi connectivity index (χ0v) is 11.4. The van der Waals surface area contributed by atoms with E-state index in [0.29, 0.717) is 5.92 Å². The second kappa shape index (κ2) is 5.50. The second-order valence-electron chi connectivity index (χ2n) is 5.44. The van der Waals surface area contributed by atoms with E-state index in [9.17, 15) is 0 Å². The largest absolute Gasteiger partial charge is 0.492 e. The maximum absolute atomic E-state index is 6.50. The van der Waals surface area contributed by atoms with Crippen molar-refractivity contribution < 1.29 is 4.74 Å². The standard InChI is InChI=1S/C15H20ClNO/c16-15-13(12-6-8-17-9-7-12)2-1-3-14(15)18-10-11-4-5-11/h1-3,11-12,17H,4-10H2. The molecular formula is C15H20ClNO. The molecule has 3 heteroatoms. The van der Waals surface area contributed by atoms with Gasteiger partial charge in [0.25, 0.3) is 0 Å². The van der Waals surface area contributed by atoms with E-state index >= 15 is 0 Å². The van der Waals surface area contributed by atoms with Gasteiger partial charge in [0.15, 0.2) is 0 Å². The lowest BCUT2D eigenvalue weighted by molar-refractivity contribution is 0.299. The number of piperidine rings is 1. The summed E-state index contributed by atoms with van der Waals surface area (Å²) in [6.45, 7) is 3.01. The first-order valence-electron chi connectivity index (χ1n) is 6.96. The van der Waals surface area contributed by atoms with Crippen molar-refractivity contribution in [3.8, 4) is 5.75 Å². The van der Waals surface area contributed by atoms with Crippen molar-refractivity contribution in [2.24, 2.45) is 5.92 Å². The van der Waals surface area contributed by atoms with E-state index in [-0.39, 0.29) is 0 Å². The van der Waals surface area contributed by atoms with Crippen LogP contribution in [0.25, 0.3) is 0 Å². The number of halogens is 1. The summed E-state index contributed by atoms with van der Waals surface area (Å²) in [4.78, 5) is 0. The minimum atomic E-state index is 0.586. The first-order chi connectivity index (χ1) is 8.84. The van der Waals surface area contributed by atoms with Gasteiger partial charge in [-0.05, 0) is 62.2 Å². The van der Waals surface area contributed by atoms with Crippen LogP contribution in [0.4, 0.5) is 0 Å². The lowest BCUT2D eigenvalue weighted by Crippen LogP contribution is -2.26. The molecule has 3 rings (SSSR count). The molecule has 2 aliphatic rings. The third kappa shape index (κ3) is 2.81. The molecule has 2 nitrogen and oxygen atoms in total. The predicted octanol–water partition coefficient (Wildman–Crippen LogP) is 3.60. The van der Waals surface area contributed by atoms with Crippen molar-refractivity contribution in [1.82, 2.24) is 5.32 Å². The van der Waals surface area contributed by atoms with Crippen LogP contribution >= 0.6 is 11.6 Å². The summed E-state index contributed by atoms with van der Waals surface area (Å²) in [5.74, 6) is 2.23. The van der Waals surface area contributed by atoms with Gasteiger partial charge in [0.2, 0.25) is 0 Å². The van der Waals surface area contributed by atoms with Gasteiger partial charge in [-0.15, -0.1) is 0 Å². The molecule has 0 aromatic heterocycles. The van der Waals surface area contributed by atoms with E-state index in [0.717, 1.165) is 36.4 Å². The fourth-order valence-corrected chi connectivity index (χ4v) is 2.91. The van der Waals surface area contributed by atoms with Crippen LogP contribution in [0.5, 0.6) is 5.75 Å². The van der Waals surface area contributed by atoms with Crippen molar-refractivity contribution in [2.75, 3.05) is 19.7 Å². The van der Waals surface area contributed by atoms with E-state index in [2.05, 4.69) is 17.4 Å². The summed E-state index contributed by atoms with van der Waals surface area (Å²) >= 11 is 6.50. The molecule has 1 aliphatic heterocycles. The topological polar surface area (TPSA) is 21.3 Å². The summed E-state index contributed by atoms with van der Waals surface area (Å²) < 4.78 is 5.84. The smallest absolute Gasteiger partial charge is 0.138 e. The van der Waals surface area contributed by atoms with E-state index in [1.165, 1.54) is 31.2 Å². The average Bonchev–Trinajstić information content (AvgIpc) is 3.23. The summed E-state index contributed by atoms with van der Waals surface area (Å²) in [5, 5.41) is 4.23. The summed E-state index contributed by atoms with van der Waals surface area (Å²) in [6, 6.07) is 6.23. The van der Waals surface area contributed by atoms with Gasteiger partial charge < -0.3 is 10.1 Å². The molecule has 0 atom stereocenters. The van der Waals surface area contributed by atoms with E-state index in [4.69, 9.17) is 16.3 Å². The number of nitrogens with one attached hydrogen (secondary N) is 1. The molecule has 0 bridgehead atoms. The Kier molecular flexibility index (Phi) is 3.76. The summed E-state index contributed by atoms with van der Waals surface area (Å²) in [5.41, 5.74) is 1.27. The van der Waals surface area contributed by atoms with Crippen LogP contribution in [0.2, 0.25) is 5.02 Å². The fraction of sp³-hybridized carbons (Fsp3) is 0.600. The van der Waals surface area contributed by atoms with Gasteiger partial charge in [0, 0.05) is 0 Å². The number of benzene rings is 1. The lowest BCUT2D eigenvalue weighted by Gasteiger charge is -2.24. The lowest BCUT2D eigenvalue weighted by atomic mass is 9.90. The number of hydrogen-bond donors (Lipinski definition) is 1. The molecule has 18 heavy (non-hydrogen) atoms. The highest BCUT2D eigenvalue weighted by Gasteiger charge is 2.23. The van der Waals surface area contributed by atoms with Crippen LogP contribution in [-0.2, 0) is 0 Å². The van der Waals surface area contributed by atoms with Crippen LogP contribution in [0.1, 0.15) is 37.2 Å². The van der Waals surface area contributed by atoms with Crippen LogP contribution in [0.15, 0.2) is 18.2 Å². The monoisotopic (exact) mass is 265 g/mol. The SMILES string of the molecule is Clc1c(OCC2CC2)cccc1C1CCNCC1. The van der Waals surface area contributed by atoms with Gasteiger partial charge in [-0.1, -0.05) is 23.7 Å². The molecule has 0 unspecified atom stereocenters. The maximum Gasteiger partial charge on any atom is 0.138 e. The molecular weight excluding hydrogens is 246 g/mol. The zero-order chi connectivity index (χ0) is 12.4. The normalized spacial score (nSPS) is 20.9. The van der Waals surface area contributed by atoms with Crippen molar-refractivity contribution in [1.29, 1.82) is 0 Å².